The van der Waals surface area contributed by atoms with E-state index < -0.39 is 17.5 Å². The SMILES string of the molecule is C=CC(=O)Nc1cc(Nc2ncc(Cl)c(Nc3ccc(Cl)c(F)c3)n2)ccc1F. The third-order valence-electron chi connectivity index (χ3n) is 3.59. The zero-order valence-corrected chi connectivity index (χ0v) is 16.2. The van der Waals surface area contributed by atoms with E-state index in [1.54, 1.807) is 6.07 Å². The summed E-state index contributed by atoms with van der Waals surface area (Å²) in [6, 6.07) is 8.14. The van der Waals surface area contributed by atoms with Crippen molar-refractivity contribution in [2.45, 2.75) is 0 Å². The minimum atomic E-state index is -0.616. The molecule has 0 aliphatic heterocycles. The van der Waals surface area contributed by atoms with Gasteiger partial charge in [0.05, 0.1) is 16.9 Å². The summed E-state index contributed by atoms with van der Waals surface area (Å²) in [6.45, 7) is 3.32. The van der Waals surface area contributed by atoms with Crippen LogP contribution in [0.4, 0.5) is 37.6 Å². The molecule has 3 rings (SSSR count). The van der Waals surface area contributed by atoms with Crippen molar-refractivity contribution in [1.82, 2.24) is 9.97 Å². The van der Waals surface area contributed by atoms with Crippen molar-refractivity contribution in [2.75, 3.05) is 16.0 Å². The summed E-state index contributed by atoms with van der Waals surface area (Å²) in [5.74, 6) is -1.41. The number of hydrogen-bond donors (Lipinski definition) is 3. The zero-order valence-electron chi connectivity index (χ0n) is 14.6. The van der Waals surface area contributed by atoms with Crippen molar-refractivity contribution < 1.29 is 13.6 Å². The lowest BCUT2D eigenvalue weighted by Gasteiger charge is -2.11. The largest absolute Gasteiger partial charge is 0.339 e. The van der Waals surface area contributed by atoms with Gasteiger partial charge in [0.25, 0.3) is 0 Å². The van der Waals surface area contributed by atoms with Crippen LogP contribution in [-0.2, 0) is 4.79 Å². The fraction of sp³-hybridized carbons (Fsp3) is 0. The standard InChI is InChI=1S/C19H13Cl2F2N5O/c1-2-17(29)27-16-8-11(4-6-14(16)22)26-19-24-9-13(21)18(28-19)25-10-3-5-12(20)15(23)7-10/h2-9H,1H2,(H,27,29)(H2,24,25,26,28). The van der Waals surface area contributed by atoms with Gasteiger partial charge in [-0.2, -0.15) is 4.98 Å². The van der Waals surface area contributed by atoms with E-state index in [1.165, 1.54) is 36.5 Å². The number of halogens is 4. The molecule has 0 spiro atoms. The molecule has 10 heteroatoms. The van der Waals surface area contributed by atoms with E-state index in [4.69, 9.17) is 23.2 Å². The second-order valence-corrected chi connectivity index (χ2v) is 6.47. The van der Waals surface area contributed by atoms with Crippen molar-refractivity contribution in [1.29, 1.82) is 0 Å². The van der Waals surface area contributed by atoms with Crippen molar-refractivity contribution in [3.63, 3.8) is 0 Å². The highest BCUT2D eigenvalue weighted by Gasteiger charge is 2.10. The van der Waals surface area contributed by atoms with E-state index >= 15 is 0 Å². The Balaban J connectivity index is 1.82. The summed E-state index contributed by atoms with van der Waals surface area (Å²) in [5, 5.41) is 8.29. The van der Waals surface area contributed by atoms with E-state index in [1.807, 2.05) is 0 Å². The average molecular weight is 436 g/mol. The van der Waals surface area contributed by atoms with Gasteiger partial charge in [0.1, 0.15) is 16.7 Å². The third-order valence-corrected chi connectivity index (χ3v) is 4.18. The first kappa shape index (κ1) is 20.5. The molecular formula is C19H13Cl2F2N5O. The Morgan fingerprint density at radius 2 is 1.72 bits per heavy atom. The van der Waals surface area contributed by atoms with Crippen molar-refractivity contribution in [3.05, 3.63) is 76.9 Å². The Kier molecular flexibility index (Phi) is 6.26. The number of rotatable bonds is 6. The smallest absolute Gasteiger partial charge is 0.247 e. The lowest BCUT2D eigenvalue weighted by Crippen LogP contribution is -2.09. The lowest BCUT2D eigenvalue weighted by atomic mass is 10.2. The van der Waals surface area contributed by atoms with E-state index in [9.17, 15) is 13.6 Å². The Hall–Kier alpha value is -3.23. The molecule has 0 fully saturated rings. The first-order chi connectivity index (χ1) is 13.9. The van der Waals surface area contributed by atoms with Gasteiger partial charge in [-0.15, -0.1) is 0 Å². The first-order valence-corrected chi connectivity index (χ1v) is 8.86. The second kappa shape index (κ2) is 8.85. The molecule has 1 aromatic heterocycles. The minimum Gasteiger partial charge on any atom is -0.339 e. The number of nitrogens with one attached hydrogen (secondary N) is 3. The molecule has 1 heterocycles. The number of aromatic nitrogens is 2. The van der Waals surface area contributed by atoms with Gasteiger partial charge in [-0.25, -0.2) is 13.8 Å². The minimum absolute atomic E-state index is 0.0117. The molecule has 0 aliphatic rings. The molecule has 29 heavy (non-hydrogen) atoms. The predicted octanol–water partition coefficient (Wildman–Crippen LogP) is 5.67. The average Bonchev–Trinajstić information content (AvgIpc) is 2.69. The number of hydrogen-bond acceptors (Lipinski definition) is 5. The van der Waals surface area contributed by atoms with E-state index in [0.717, 1.165) is 6.08 Å². The molecule has 0 atom stereocenters. The molecular weight excluding hydrogens is 423 g/mol. The molecule has 0 saturated carbocycles. The number of anilines is 5. The van der Waals surface area contributed by atoms with Crippen molar-refractivity contribution in [2.24, 2.45) is 0 Å². The molecule has 0 bridgehead atoms. The molecule has 0 unspecified atom stereocenters. The summed E-state index contributed by atoms with van der Waals surface area (Å²) in [4.78, 5) is 19.7. The number of nitrogens with zero attached hydrogens (tertiary/aromatic N) is 2. The molecule has 3 aromatic rings. The zero-order chi connectivity index (χ0) is 21.0. The topological polar surface area (TPSA) is 78.9 Å². The van der Waals surface area contributed by atoms with E-state index in [-0.39, 0.29) is 27.5 Å². The monoisotopic (exact) mass is 435 g/mol. The van der Waals surface area contributed by atoms with Crippen LogP contribution >= 0.6 is 23.2 Å². The molecule has 0 aliphatic carbocycles. The maximum atomic E-state index is 13.8. The molecule has 6 nitrogen and oxygen atoms in total. The van der Waals surface area contributed by atoms with Gasteiger partial charge in [-0.05, 0) is 42.5 Å². The second-order valence-electron chi connectivity index (χ2n) is 5.66. The third kappa shape index (κ3) is 5.18. The Labute approximate surface area is 174 Å². The van der Waals surface area contributed by atoms with Gasteiger partial charge in [0.15, 0.2) is 5.82 Å². The van der Waals surface area contributed by atoms with Gasteiger partial charge < -0.3 is 16.0 Å². The van der Waals surface area contributed by atoms with Crippen LogP contribution in [-0.4, -0.2) is 15.9 Å². The number of carbonyl (C=O) groups excluding carboxylic acids is 1. The van der Waals surface area contributed by atoms with Crippen molar-refractivity contribution in [3.8, 4) is 0 Å². The van der Waals surface area contributed by atoms with Gasteiger partial charge in [-0.3, -0.25) is 4.79 Å². The Morgan fingerprint density at radius 3 is 2.45 bits per heavy atom. The van der Waals surface area contributed by atoms with Gasteiger partial charge in [-0.1, -0.05) is 29.8 Å². The maximum Gasteiger partial charge on any atom is 0.247 e. The van der Waals surface area contributed by atoms with Crippen LogP contribution in [0.3, 0.4) is 0 Å². The molecule has 148 valence electrons. The quantitative estimate of drug-likeness (QED) is 0.434. The fourth-order valence-electron chi connectivity index (χ4n) is 2.24. The van der Waals surface area contributed by atoms with Crippen molar-refractivity contribution >= 4 is 57.9 Å². The van der Waals surface area contributed by atoms with E-state index in [0.29, 0.717) is 11.4 Å². The van der Waals surface area contributed by atoms with Gasteiger partial charge in [0.2, 0.25) is 11.9 Å². The predicted molar refractivity (Wildman–Crippen MR) is 110 cm³/mol. The summed E-state index contributed by atoms with van der Waals surface area (Å²) < 4.78 is 27.5. The maximum absolute atomic E-state index is 13.8. The lowest BCUT2D eigenvalue weighted by molar-refractivity contribution is -0.111. The van der Waals surface area contributed by atoms with Gasteiger partial charge >= 0.3 is 0 Å². The van der Waals surface area contributed by atoms with Crippen LogP contribution in [0.2, 0.25) is 10.0 Å². The molecule has 0 saturated heterocycles. The Bertz CT molecular complexity index is 1090. The fourth-order valence-corrected chi connectivity index (χ4v) is 2.49. The van der Waals surface area contributed by atoms with Gasteiger partial charge in [0, 0.05) is 11.4 Å². The summed E-state index contributed by atoms with van der Waals surface area (Å²) >= 11 is 11.8. The summed E-state index contributed by atoms with van der Waals surface area (Å²) in [7, 11) is 0. The highest BCUT2D eigenvalue weighted by molar-refractivity contribution is 6.33. The first-order valence-electron chi connectivity index (χ1n) is 8.10. The molecule has 3 N–H and O–H groups in total. The highest BCUT2D eigenvalue weighted by Crippen LogP contribution is 2.27. The number of benzene rings is 2. The summed E-state index contributed by atoms with van der Waals surface area (Å²) in [5.41, 5.74) is 0.759. The molecule has 0 radical (unpaired) electrons. The molecule has 1 amide bonds. The van der Waals surface area contributed by atoms with Crippen LogP contribution in [0.1, 0.15) is 0 Å². The number of carbonyl (C=O) groups is 1. The molecule has 2 aromatic carbocycles. The highest BCUT2D eigenvalue weighted by atomic mass is 35.5. The summed E-state index contributed by atoms with van der Waals surface area (Å²) in [6.07, 6.45) is 2.37. The van der Waals surface area contributed by atoms with E-state index in [2.05, 4.69) is 32.5 Å². The van der Waals surface area contributed by atoms with Crippen LogP contribution in [0, 0.1) is 11.6 Å². The van der Waals surface area contributed by atoms with Crippen LogP contribution < -0.4 is 16.0 Å². The Morgan fingerprint density at radius 1 is 1.00 bits per heavy atom. The number of amides is 1. The van der Waals surface area contributed by atoms with Crippen LogP contribution in [0.5, 0.6) is 0 Å². The van der Waals surface area contributed by atoms with Crippen LogP contribution in [0.15, 0.2) is 55.3 Å². The van der Waals surface area contributed by atoms with Crippen LogP contribution in [0.25, 0.3) is 0 Å². The normalized spacial score (nSPS) is 10.3.